The molecular weight excluding hydrogens is 242 g/mol. The number of aromatic hydroxyl groups is 1. The highest BCUT2D eigenvalue weighted by molar-refractivity contribution is 5.92. The fraction of sp³-hybridized carbons (Fsp3) is 0.400. The lowest BCUT2D eigenvalue weighted by Gasteiger charge is -2.30. The minimum absolute atomic E-state index is 0.0706. The monoisotopic (exact) mass is 263 g/mol. The number of hydrogen-bond donors (Lipinski definition) is 3. The van der Waals surface area contributed by atoms with Gasteiger partial charge in [-0.25, -0.2) is 0 Å². The Morgan fingerprint density at radius 3 is 2.32 bits per heavy atom. The van der Waals surface area contributed by atoms with Gasteiger partial charge in [0.15, 0.2) is 0 Å². The number of carbonyl (C=O) groups excluding carboxylic acids is 1. The minimum atomic E-state index is -0.545. The van der Waals surface area contributed by atoms with Crippen LogP contribution in [0.4, 0.5) is 0 Å². The zero-order chi connectivity index (χ0) is 14.3. The molecule has 4 heteroatoms. The van der Waals surface area contributed by atoms with Crippen LogP contribution in [0.3, 0.4) is 0 Å². The first-order valence-corrected chi connectivity index (χ1v) is 6.45. The molecule has 0 fully saturated rings. The van der Waals surface area contributed by atoms with Crippen molar-refractivity contribution in [2.45, 2.75) is 32.2 Å². The van der Waals surface area contributed by atoms with Crippen molar-refractivity contribution in [1.82, 2.24) is 5.32 Å². The first-order chi connectivity index (χ1) is 9.05. The van der Waals surface area contributed by atoms with Gasteiger partial charge in [-0.2, -0.15) is 0 Å². The highest BCUT2D eigenvalue weighted by atomic mass is 16.3. The van der Waals surface area contributed by atoms with Crippen LogP contribution >= 0.6 is 0 Å². The Bertz CT molecular complexity index is 425. The van der Waals surface area contributed by atoms with E-state index in [1.807, 2.05) is 13.8 Å². The molecule has 0 unspecified atom stereocenters. The van der Waals surface area contributed by atoms with Crippen LogP contribution in [-0.4, -0.2) is 28.3 Å². The van der Waals surface area contributed by atoms with E-state index < -0.39 is 5.54 Å². The molecule has 19 heavy (non-hydrogen) atoms. The molecule has 0 saturated heterocycles. The lowest BCUT2D eigenvalue weighted by atomic mass is 9.94. The molecule has 0 heterocycles. The molecule has 0 aliphatic carbocycles. The van der Waals surface area contributed by atoms with Gasteiger partial charge >= 0.3 is 0 Å². The molecule has 0 radical (unpaired) electrons. The van der Waals surface area contributed by atoms with Gasteiger partial charge in [-0.3, -0.25) is 4.79 Å². The van der Waals surface area contributed by atoms with Crippen molar-refractivity contribution in [3.63, 3.8) is 0 Å². The van der Waals surface area contributed by atoms with Crippen LogP contribution < -0.4 is 5.32 Å². The maximum absolute atomic E-state index is 11.8. The molecule has 1 aromatic carbocycles. The Balaban J connectivity index is 2.66. The Morgan fingerprint density at radius 1 is 1.26 bits per heavy atom. The molecule has 4 nitrogen and oxygen atoms in total. The van der Waals surface area contributed by atoms with Crippen LogP contribution in [-0.2, 0) is 4.79 Å². The first-order valence-electron chi connectivity index (χ1n) is 6.45. The largest absolute Gasteiger partial charge is 0.508 e. The Hall–Kier alpha value is -1.81. The van der Waals surface area contributed by atoms with E-state index in [1.54, 1.807) is 30.3 Å². The summed E-state index contributed by atoms with van der Waals surface area (Å²) in [5.41, 5.74) is 0.284. The van der Waals surface area contributed by atoms with E-state index >= 15 is 0 Å². The molecule has 0 saturated carbocycles. The van der Waals surface area contributed by atoms with Gasteiger partial charge in [0.1, 0.15) is 5.75 Å². The summed E-state index contributed by atoms with van der Waals surface area (Å²) in [7, 11) is 0. The van der Waals surface area contributed by atoms with Gasteiger partial charge < -0.3 is 15.5 Å². The van der Waals surface area contributed by atoms with Crippen LogP contribution in [0, 0.1) is 0 Å². The number of benzene rings is 1. The van der Waals surface area contributed by atoms with E-state index in [-0.39, 0.29) is 18.3 Å². The highest BCUT2D eigenvalue weighted by Gasteiger charge is 2.26. The van der Waals surface area contributed by atoms with Crippen molar-refractivity contribution >= 4 is 12.0 Å². The maximum atomic E-state index is 11.8. The summed E-state index contributed by atoms with van der Waals surface area (Å²) in [6.07, 6.45) is 4.46. The summed E-state index contributed by atoms with van der Waals surface area (Å²) in [6.45, 7) is 3.80. The average Bonchev–Trinajstić information content (AvgIpc) is 2.44. The Kier molecular flexibility index (Phi) is 5.57. The number of phenolic OH excluding ortho intramolecular Hbond substituents is 1. The van der Waals surface area contributed by atoms with E-state index in [0.717, 1.165) is 5.56 Å². The molecule has 0 aliphatic heterocycles. The maximum Gasteiger partial charge on any atom is 0.244 e. The van der Waals surface area contributed by atoms with Gasteiger partial charge in [0.2, 0.25) is 5.91 Å². The predicted octanol–water partition coefficient (Wildman–Crippen LogP) is 2.07. The second kappa shape index (κ2) is 6.95. The lowest BCUT2D eigenvalue weighted by Crippen LogP contribution is -2.49. The van der Waals surface area contributed by atoms with Crippen molar-refractivity contribution in [2.24, 2.45) is 0 Å². The molecule has 0 aromatic heterocycles. The number of rotatable bonds is 6. The Labute approximate surface area is 113 Å². The van der Waals surface area contributed by atoms with Gasteiger partial charge in [-0.15, -0.1) is 0 Å². The average molecular weight is 263 g/mol. The predicted molar refractivity (Wildman–Crippen MR) is 75.7 cm³/mol. The van der Waals surface area contributed by atoms with Crippen molar-refractivity contribution in [2.75, 3.05) is 6.61 Å². The molecular formula is C15H21NO3. The molecule has 104 valence electrons. The molecule has 3 N–H and O–H groups in total. The molecule has 1 rings (SSSR count). The van der Waals surface area contributed by atoms with E-state index in [2.05, 4.69) is 5.32 Å². The summed E-state index contributed by atoms with van der Waals surface area (Å²) in [5.74, 6) is -0.0383. The van der Waals surface area contributed by atoms with E-state index in [4.69, 9.17) is 5.11 Å². The topological polar surface area (TPSA) is 69.6 Å². The Morgan fingerprint density at radius 2 is 1.84 bits per heavy atom. The third kappa shape index (κ3) is 4.41. The van der Waals surface area contributed by atoms with Gasteiger partial charge in [-0.1, -0.05) is 26.0 Å². The smallest absolute Gasteiger partial charge is 0.244 e. The molecule has 0 aliphatic rings. The van der Waals surface area contributed by atoms with Crippen LogP contribution in [0.25, 0.3) is 6.08 Å². The third-order valence-corrected chi connectivity index (χ3v) is 3.36. The van der Waals surface area contributed by atoms with Crippen LogP contribution in [0.2, 0.25) is 0 Å². The van der Waals surface area contributed by atoms with Crippen molar-refractivity contribution in [1.29, 1.82) is 0 Å². The van der Waals surface area contributed by atoms with Gasteiger partial charge in [0.05, 0.1) is 12.1 Å². The lowest BCUT2D eigenvalue weighted by molar-refractivity contribution is -0.119. The number of amides is 1. The molecule has 1 amide bonds. The zero-order valence-electron chi connectivity index (χ0n) is 11.4. The number of hydrogen-bond acceptors (Lipinski definition) is 3. The fourth-order valence-corrected chi connectivity index (χ4v) is 1.75. The summed E-state index contributed by atoms with van der Waals surface area (Å²) >= 11 is 0. The number of nitrogens with one attached hydrogen (secondary N) is 1. The second-order valence-corrected chi connectivity index (χ2v) is 4.56. The number of carbonyl (C=O) groups is 1. The van der Waals surface area contributed by atoms with Gasteiger partial charge in [0.25, 0.3) is 0 Å². The second-order valence-electron chi connectivity index (χ2n) is 4.56. The quantitative estimate of drug-likeness (QED) is 0.688. The van der Waals surface area contributed by atoms with Gasteiger partial charge in [0, 0.05) is 6.08 Å². The zero-order valence-corrected chi connectivity index (χ0v) is 11.4. The minimum Gasteiger partial charge on any atom is -0.508 e. The molecule has 0 spiro atoms. The standard InChI is InChI=1S/C15H21NO3/c1-3-15(4-2,11-17)16-14(19)10-7-12-5-8-13(18)9-6-12/h5-10,17-18H,3-4,11H2,1-2H3,(H,16,19). The molecule has 1 aromatic rings. The number of aliphatic hydroxyl groups excluding tert-OH is 1. The summed E-state index contributed by atoms with van der Waals surface area (Å²) in [4.78, 5) is 11.8. The number of phenols is 1. The fourth-order valence-electron chi connectivity index (χ4n) is 1.75. The van der Waals surface area contributed by atoms with Crippen LogP contribution in [0.15, 0.2) is 30.3 Å². The summed E-state index contributed by atoms with van der Waals surface area (Å²) in [5, 5.41) is 21.4. The van der Waals surface area contributed by atoms with E-state index in [0.29, 0.717) is 12.8 Å². The van der Waals surface area contributed by atoms with Gasteiger partial charge in [-0.05, 0) is 36.6 Å². The van der Waals surface area contributed by atoms with Crippen LogP contribution in [0.1, 0.15) is 32.3 Å². The first kappa shape index (κ1) is 15.2. The normalized spacial score (nSPS) is 11.7. The molecule has 0 atom stereocenters. The third-order valence-electron chi connectivity index (χ3n) is 3.36. The summed E-state index contributed by atoms with van der Waals surface area (Å²) in [6, 6.07) is 6.57. The SMILES string of the molecule is CCC(CC)(CO)NC(=O)C=Cc1ccc(O)cc1. The van der Waals surface area contributed by atoms with Crippen LogP contribution in [0.5, 0.6) is 5.75 Å². The summed E-state index contributed by atoms with van der Waals surface area (Å²) < 4.78 is 0. The van der Waals surface area contributed by atoms with E-state index in [1.165, 1.54) is 6.08 Å². The van der Waals surface area contributed by atoms with Crippen molar-refractivity contribution < 1.29 is 15.0 Å². The van der Waals surface area contributed by atoms with Crippen molar-refractivity contribution in [3.05, 3.63) is 35.9 Å². The highest BCUT2D eigenvalue weighted by Crippen LogP contribution is 2.14. The molecule has 0 bridgehead atoms. The number of aliphatic hydroxyl groups is 1. The van der Waals surface area contributed by atoms with Crippen molar-refractivity contribution in [3.8, 4) is 5.75 Å². The van der Waals surface area contributed by atoms with E-state index in [9.17, 15) is 9.90 Å².